The fraction of sp³-hybridized carbons (Fsp3) is 0. The van der Waals surface area contributed by atoms with Crippen molar-refractivity contribution in [3.05, 3.63) is 200 Å². The van der Waals surface area contributed by atoms with E-state index < -0.39 is 0 Å². The van der Waals surface area contributed by atoms with Gasteiger partial charge in [0.1, 0.15) is 0 Å². The summed E-state index contributed by atoms with van der Waals surface area (Å²) in [6, 6.07) is 70.4. The van der Waals surface area contributed by atoms with E-state index in [0.717, 1.165) is 39.1 Å². The number of aromatic nitrogens is 5. The van der Waals surface area contributed by atoms with Gasteiger partial charge in [0.25, 0.3) is 0 Å². The van der Waals surface area contributed by atoms with Gasteiger partial charge in [-0.15, -0.1) is 0 Å². The molecule has 0 saturated carbocycles. The summed E-state index contributed by atoms with van der Waals surface area (Å²) in [5.74, 6) is 1.89. The molecule has 0 radical (unpaired) electrons. The fourth-order valence-electron chi connectivity index (χ4n) is 8.20. The molecule has 0 amide bonds. The molecule has 56 heavy (non-hydrogen) atoms. The zero-order chi connectivity index (χ0) is 37.0. The Bertz CT molecular complexity index is 3180. The van der Waals surface area contributed by atoms with Crippen molar-refractivity contribution in [3.63, 3.8) is 0 Å². The molecule has 5 nitrogen and oxygen atoms in total. The van der Waals surface area contributed by atoms with E-state index in [1.54, 1.807) is 0 Å². The lowest BCUT2D eigenvalue weighted by Crippen LogP contribution is -2.03. The molecule has 3 heterocycles. The highest BCUT2D eigenvalue weighted by molar-refractivity contribution is 6.12. The molecule has 0 unspecified atom stereocenters. The van der Waals surface area contributed by atoms with Gasteiger partial charge in [-0.25, -0.2) is 15.0 Å². The third-order valence-corrected chi connectivity index (χ3v) is 10.8. The molecule has 0 atom stereocenters. The Hall–Kier alpha value is -7.63. The number of nitrogens with zero attached hydrogens (tertiary/aromatic N) is 5. The molecular weight excluding hydrogens is 683 g/mol. The Kier molecular flexibility index (Phi) is 7.42. The number of benzene rings is 8. The normalized spacial score (nSPS) is 11.6. The Labute approximate surface area is 323 Å². The predicted octanol–water partition coefficient (Wildman–Crippen LogP) is 12.7. The summed E-state index contributed by atoms with van der Waals surface area (Å²) >= 11 is 0. The van der Waals surface area contributed by atoms with Crippen LogP contribution >= 0.6 is 0 Å². The number of para-hydroxylation sites is 3. The second-order valence-corrected chi connectivity index (χ2v) is 14.1. The van der Waals surface area contributed by atoms with Crippen LogP contribution in [-0.2, 0) is 0 Å². The first-order valence-corrected chi connectivity index (χ1v) is 18.9. The predicted molar refractivity (Wildman–Crippen MR) is 230 cm³/mol. The second kappa shape index (κ2) is 13.0. The van der Waals surface area contributed by atoms with E-state index in [0.29, 0.717) is 17.5 Å². The van der Waals surface area contributed by atoms with E-state index in [-0.39, 0.29) is 0 Å². The van der Waals surface area contributed by atoms with Crippen LogP contribution in [0.15, 0.2) is 200 Å². The first-order valence-electron chi connectivity index (χ1n) is 18.9. The van der Waals surface area contributed by atoms with Crippen LogP contribution in [0.1, 0.15) is 0 Å². The van der Waals surface area contributed by atoms with Crippen molar-refractivity contribution in [3.8, 4) is 56.7 Å². The molecule has 0 N–H and O–H groups in total. The summed E-state index contributed by atoms with van der Waals surface area (Å²) in [5.41, 5.74) is 11.8. The molecule has 0 aliphatic carbocycles. The van der Waals surface area contributed by atoms with Crippen molar-refractivity contribution in [1.82, 2.24) is 24.1 Å². The Morgan fingerprint density at radius 1 is 0.286 bits per heavy atom. The summed E-state index contributed by atoms with van der Waals surface area (Å²) in [6.07, 6.45) is 0. The lowest BCUT2D eigenvalue weighted by Gasteiger charge is -2.15. The molecule has 5 heteroatoms. The Morgan fingerprint density at radius 2 is 0.750 bits per heavy atom. The van der Waals surface area contributed by atoms with Gasteiger partial charge in [0, 0.05) is 43.9 Å². The minimum atomic E-state index is 0.617. The highest BCUT2D eigenvalue weighted by atomic mass is 15.1. The van der Waals surface area contributed by atoms with E-state index >= 15 is 0 Å². The van der Waals surface area contributed by atoms with E-state index in [1.807, 2.05) is 60.7 Å². The molecule has 0 spiro atoms. The van der Waals surface area contributed by atoms with Gasteiger partial charge in [0.2, 0.25) is 0 Å². The average molecular weight is 716 g/mol. The monoisotopic (exact) mass is 715 g/mol. The summed E-state index contributed by atoms with van der Waals surface area (Å²) in [5, 5.41) is 4.81. The van der Waals surface area contributed by atoms with Crippen LogP contribution in [-0.4, -0.2) is 24.1 Å². The number of rotatable bonds is 6. The van der Waals surface area contributed by atoms with Gasteiger partial charge in [-0.3, -0.25) is 0 Å². The molecule has 3 aromatic heterocycles. The minimum absolute atomic E-state index is 0.617. The van der Waals surface area contributed by atoms with Gasteiger partial charge in [0.15, 0.2) is 17.5 Å². The third kappa shape index (κ3) is 5.21. The zero-order valence-corrected chi connectivity index (χ0v) is 30.3. The molecule has 262 valence electrons. The first-order chi connectivity index (χ1) is 27.8. The van der Waals surface area contributed by atoms with Gasteiger partial charge >= 0.3 is 0 Å². The molecule has 0 fully saturated rings. The van der Waals surface area contributed by atoms with Crippen molar-refractivity contribution in [2.24, 2.45) is 0 Å². The molecular formula is C51H33N5. The fourth-order valence-corrected chi connectivity index (χ4v) is 8.20. The Morgan fingerprint density at radius 3 is 1.39 bits per heavy atom. The first kappa shape index (κ1) is 31.9. The highest BCUT2D eigenvalue weighted by Gasteiger charge is 2.21. The van der Waals surface area contributed by atoms with Gasteiger partial charge in [-0.2, -0.15) is 0 Å². The van der Waals surface area contributed by atoms with Gasteiger partial charge < -0.3 is 9.13 Å². The highest BCUT2D eigenvalue weighted by Crippen LogP contribution is 2.40. The molecule has 11 rings (SSSR count). The SMILES string of the molecule is c1ccc(-c2ccc3c4ccccc4n(-c4ccc5c6ccccc6n(-c6ccccc6-c6nc(-c7ccccc7)nc(-c7ccccc7)n6)c5c4)c3c2)cc1. The van der Waals surface area contributed by atoms with Crippen molar-refractivity contribution >= 4 is 43.6 Å². The second-order valence-electron chi connectivity index (χ2n) is 14.1. The standard InChI is InChI=1S/C51H33N5/c1-4-16-34(17-5-1)37-28-30-41-39-22-10-13-25-44(39)55(47(41)32-37)38-29-31-42-40-23-11-14-26-45(40)56(48(42)33-38)46-27-15-12-24-43(46)51-53-49(35-18-6-2-7-19-35)52-50(54-51)36-20-8-3-9-21-36/h1-33H. The zero-order valence-electron chi connectivity index (χ0n) is 30.3. The summed E-state index contributed by atoms with van der Waals surface area (Å²) < 4.78 is 4.79. The van der Waals surface area contributed by atoms with E-state index in [9.17, 15) is 0 Å². The molecule has 11 aromatic rings. The third-order valence-electron chi connectivity index (χ3n) is 10.8. The molecule has 8 aromatic carbocycles. The van der Waals surface area contributed by atoms with Crippen LogP contribution in [0.3, 0.4) is 0 Å². The summed E-state index contributed by atoms with van der Waals surface area (Å²) in [6.45, 7) is 0. The molecule has 0 bridgehead atoms. The minimum Gasteiger partial charge on any atom is -0.309 e. The average Bonchev–Trinajstić information content (AvgIpc) is 3.79. The van der Waals surface area contributed by atoms with E-state index in [2.05, 4.69) is 149 Å². The number of hydrogen-bond acceptors (Lipinski definition) is 3. The van der Waals surface area contributed by atoms with Gasteiger partial charge in [-0.05, 0) is 53.6 Å². The van der Waals surface area contributed by atoms with Crippen LogP contribution in [0.2, 0.25) is 0 Å². The largest absolute Gasteiger partial charge is 0.309 e. The number of hydrogen-bond donors (Lipinski definition) is 0. The van der Waals surface area contributed by atoms with Gasteiger partial charge in [0.05, 0.1) is 27.8 Å². The molecule has 0 aliphatic rings. The van der Waals surface area contributed by atoms with Crippen LogP contribution in [0.25, 0.3) is 100 Å². The quantitative estimate of drug-likeness (QED) is 0.172. The van der Waals surface area contributed by atoms with Crippen LogP contribution in [0.4, 0.5) is 0 Å². The summed E-state index contributed by atoms with van der Waals surface area (Å²) in [4.78, 5) is 15.3. The smallest absolute Gasteiger partial charge is 0.166 e. The lowest BCUT2D eigenvalue weighted by atomic mass is 10.0. The van der Waals surface area contributed by atoms with Crippen LogP contribution < -0.4 is 0 Å². The topological polar surface area (TPSA) is 48.5 Å². The lowest BCUT2D eigenvalue weighted by molar-refractivity contribution is 1.06. The van der Waals surface area contributed by atoms with Crippen molar-refractivity contribution in [2.45, 2.75) is 0 Å². The van der Waals surface area contributed by atoms with Crippen molar-refractivity contribution in [1.29, 1.82) is 0 Å². The maximum absolute atomic E-state index is 5.15. The van der Waals surface area contributed by atoms with Crippen LogP contribution in [0, 0.1) is 0 Å². The maximum Gasteiger partial charge on any atom is 0.166 e. The summed E-state index contributed by atoms with van der Waals surface area (Å²) in [7, 11) is 0. The molecule has 0 aliphatic heterocycles. The molecule has 0 saturated heterocycles. The van der Waals surface area contributed by atoms with Crippen LogP contribution in [0.5, 0.6) is 0 Å². The van der Waals surface area contributed by atoms with Crippen molar-refractivity contribution < 1.29 is 0 Å². The number of fused-ring (bicyclic) bond motifs is 6. The van der Waals surface area contributed by atoms with E-state index in [4.69, 9.17) is 15.0 Å². The maximum atomic E-state index is 5.15. The van der Waals surface area contributed by atoms with E-state index in [1.165, 1.54) is 43.7 Å². The van der Waals surface area contributed by atoms with Crippen molar-refractivity contribution in [2.75, 3.05) is 0 Å². The Balaban J connectivity index is 1.17. The van der Waals surface area contributed by atoms with Gasteiger partial charge in [-0.1, -0.05) is 158 Å².